The van der Waals surface area contributed by atoms with Crippen molar-refractivity contribution in [3.05, 3.63) is 115 Å². The first-order valence-corrected chi connectivity index (χ1v) is 13.7. The Labute approximate surface area is 224 Å². The number of unbranched alkanes of at least 4 members (excludes halogenated alkanes) is 3. The topological polar surface area (TPSA) is 38.2 Å². The van der Waals surface area contributed by atoms with Crippen LogP contribution in [0.15, 0.2) is 103 Å². The molecule has 2 heterocycles. The fraction of sp³-hybridized carbons (Fsp3) is 0.235. The third kappa shape index (κ3) is 5.46. The van der Waals surface area contributed by atoms with Crippen molar-refractivity contribution in [3.63, 3.8) is 0 Å². The predicted octanol–water partition coefficient (Wildman–Crippen LogP) is 8.02. The molecule has 0 saturated heterocycles. The van der Waals surface area contributed by atoms with E-state index >= 15 is 0 Å². The molecule has 0 aliphatic carbocycles. The van der Waals surface area contributed by atoms with E-state index in [2.05, 4.69) is 93.7 Å². The maximum Gasteiger partial charge on any atom is 0.127 e. The van der Waals surface area contributed by atoms with Gasteiger partial charge in [-0.3, -0.25) is 14.9 Å². The van der Waals surface area contributed by atoms with Crippen LogP contribution < -0.4 is 4.74 Å². The highest BCUT2D eigenvalue weighted by molar-refractivity contribution is 6.24. The third-order valence-corrected chi connectivity index (χ3v) is 7.34. The molecule has 6 aromatic rings. The Morgan fingerprint density at radius 1 is 0.553 bits per heavy atom. The molecule has 190 valence electrons. The molecule has 0 saturated carbocycles. The lowest BCUT2D eigenvalue weighted by Crippen LogP contribution is -2.25. The van der Waals surface area contributed by atoms with Crippen molar-refractivity contribution in [2.75, 3.05) is 13.2 Å². The van der Waals surface area contributed by atoms with Gasteiger partial charge in [-0.25, -0.2) is 0 Å². The minimum atomic E-state index is 0.746. The summed E-state index contributed by atoms with van der Waals surface area (Å²) in [4.78, 5) is 11.5. The van der Waals surface area contributed by atoms with Gasteiger partial charge in [0.2, 0.25) is 0 Å². The maximum atomic E-state index is 6.32. The number of ether oxygens (including phenoxy) is 1. The highest BCUT2D eigenvalue weighted by atomic mass is 16.5. The van der Waals surface area contributed by atoms with Crippen LogP contribution in [-0.2, 0) is 13.1 Å². The molecule has 0 bridgehead atoms. The van der Waals surface area contributed by atoms with Gasteiger partial charge in [-0.2, -0.15) is 0 Å². The van der Waals surface area contributed by atoms with Gasteiger partial charge in [0.15, 0.2) is 0 Å². The zero-order chi connectivity index (χ0) is 25.6. The molecule has 2 aromatic heterocycles. The van der Waals surface area contributed by atoms with Gasteiger partial charge < -0.3 is 4.74 Å². The molecule has 4 aromatic carbocycles. The molecule has 6 rings (SSSR count). The van der Waals surface area contributed by atoms with E-state index in [1.165, 1.54) is 38.7 Å². The Morgan fingerprint density at radius 2 is 1.18 bits per heavy atom. The molecule has 38 heavy (non-hydrogen) atoms. The van der Waals surface area contributed by atoms with Crippen molar-refractivity contribution in [1.29, 1.82) is 0 Å². The van der Waals surface area contributed by atoms with Gasteiger partial charge in [0.1, 0.15) is 5.75 Å². The van der Waals surface area contributed by atoms with E-state index in [0.29, 0.717) is 0 Å². The SMILES string of the molecule is c1ccc(CN(CCCCCCOc2ccc3ccc4cccc5ccc2c3c45)Cc2ccccn2)nc1. The van der Waals surface area contributed by atoms with Crippen LogP contribution in [0.2, 0.25) is 0 Å². The minimum Gasteiger partial charge on any atom is -0.493 e. The second kappa shape index (κ2) is 11.6. The van der Waals surface area contributed by atoms with Crippen molar-refractivity contribution < 1.29 is 4.74 Å². The average molecular weight is 500 g/mol. The predicted molar refractivity (Wildman–Crippen MR) is 157 cm³/mol. The van der Waals surface area contributed by atoms with E-state index in [4.69, 9.17) is 4.74 Å². The summed E-state index contributed by atoms with van der Waals surface area (Å²) in [7, 11) is 0. The highest BCUT2D eigenvalue weighted by Gasteiger charge is 2.12. The molecule has 0 aliphatic heterocycles. The lowest BCUT2D eigenvalue weighted by atomic mass is 9.94. The van der Waals surface area contributed by atoms with Crippen LogP contribution in [0.3, 0.4) is 0 Å². The first kappa shape index (κ1) is 24.3. The Balaban J connectivity index is 1.02. The second-order valence-corrected chi connectivity index (χ2v) is 10.0. The summed E-state index contributed by atoms with van der Waals surface area (Å²) in [5, 5.41) is 7.73. The van der Waals surface area contributed by atoms with Crippen molar-refractivity contribution in [3.8, 4) is 5.75 Å². The molecule has 0 spiro atoms. The molecule has 0 amide bonds. The molecular weight excluding hydrogens is 466 g/mol. The van der Waals surface area contributed by atoms with Gasteiger partial charge >= 0.3 is 0 Å². The molecule has 4 heteroatoms. The summed E-state index contributed by atoms with van der Waals surface area (Å²) in [6.45, 7) is 3.46. The Kier molecular flexibility index (Phi) is 7.41. The monoisotopic (exact) mass is 499 g/mol. The normalized spacial score (nSPS) is 11.7. The summed E-state index contributed by atoms with van der Waals surface area (Å²) in [6.07, 6.45) is 8.29. The number of rotatable bonds is 12. The van der Waals surface area contributed by atoms with Crippen molar-refractivity contribution in [2.45, 2.75) is 38.8 Å². The van der Waals surface area contributed by atoms with E-state index in [1.807, 2.05) is 24.5 Å². The second-order valence-electron chi connectivity index (χ2n) is 10.0. The molecule has 0 unspecified atom stereocenters. The largest absolute Gasteiger partial charge is 0.493 e. The highest BCUT2D eigenvalue weighted by Crippen LogP contribution is 2.38. The number of aromatic nitrogens is 2. The Morgan fingerprint density at radius 3 is 1.87 bits per heavy atom. The Bertz CT molecular complexity index is 1540. The van der Waals surface area contributed by atoms with E-state index in [1.54, 1.807) is 0 Å². The van der Waals surface area contributed by atoms with Crippen molar-refractivity contribution in [2.24, 2.45) is 0 Å². The zero-order valence-corrected chi connectivity index (χ0v) is 21.7. The molecule has 0 fully saturated rings. The summed E-state index contributed by atoms with van der Waals surface area (Å²) in [5.74, 6) is 0.993. The van der Waals surface area contributed by atoms with E-state index in [-0.39, 0.29) is 0 Å². The van der Waals surface area contributed by atoms with Crippen LogP contribution in [0.4, 0.5) is 0 Å². The van der Waals surface area contributed by atoms with Gasteiger partial charge in [0, 0.05) is 36.3 Å². The van der Waals surface area contributed by atoms with Crippen molar-refractivity contribution >= 4 is 32.3 Å². The number of hydrogen-bond acceptors (Lipinski definition) is 4. The summed E-state index contributed by atoms with van der Waals surface area (Å²) in [6, 6.07) is 32.0. The summed E-state index contributed by atoms with van der Waals surface area (Å²) >= 11 is 0. The molecule has 0 N–H and O–H groups in total. The van der Waals surface area contributed by atoms with Gasteiger partial charge in [0.25, 0.3) is 0 Å². The number of benzene rings is 4. The van der Waals surface area contributed by atoms with Crippen LogP contribution in [-0.4, -0.2) is 28.0 Å². The van der Waals surface area contributed by atoms with Crippen LogP contribution >= 0.6 is 0 Å². The first-order valence-electron chi connectivity index (χ1n) is 13.7. The van der Waals surface area contributed by atoms with Crippen LogP contribution in [0.25, 0.3) is 32.3 Å². The molecule has 0 radical (unpaired) electrons. The van der Waals surface area contributed by atoms with Gasteiger partial charge in [-0.1, -0.05) is 67.4 Å². The number of nitrogens with zero attached hydrogens (tertiary/aromatic N) is 3. The minimum absolute atomic E-state index is 0.746. The van der Waals surface area contributed by atoms with E-state index < -0.39 is 0 Å². The van der Waals surface area contributed by atoms with E-state index in [9.17, 15) is 0 Å². The van der Waals surface area contributed by atoms with Crippen LogP contribution in [0, 0.1) is 0 Å². The molecular formula is C34H33N3O. The van der Waals surface area contributed by atoms with Crippen LogP contribution in [0.5, 0.6) is 5.75 Å². The summed E-state index contributed by atoms with van der Waals surface area (Å²) in [5.41, 5.74) is 2.20. The van der Waals surface area contributed by atoms with Gasteiger partial charge in [0.05, 0.1) is 18.0 Å². The molecule has 4 nitrogen and oxygen atoms in total. The van der Waals surface area contributed by atoms with Crippen molar-refractivity contribution in [1.82, 2.24) is 14.9 Å². The van der Waals surface area contributed by atoms with Gasteiger partial charge in [-0.15, -0.1) is 0 Å². The first-order chi connectivity index (χ1) is 18.8. The maximum absolute atomic E-state index is 6.32. The van der Waals surface area contributed by atoms with Crippen LogP contribution in [0.1, 0.15) is 37.1 Å². The number of pyridine rings is 2. The smallest absolute Gasteiger partial charge is 0.127 e. The standard InChI is InChI=1S/C34H33N3O/c1(7-22-37(24-29-12-3-5-20-35-29)25-30-13-4-6-21-36-30)2-8-23-38-32-19-17-28-15-14-26-10-9-11-27-16-18-31(32)34(28)33(26)27/h3-6,9-21H,1-2,7-8,22-25H2. The third-order valence-electron chi connectivity index (χ3n) is 7.34. The summed E-state index contributed by atoms with van der Waals surface area (Å²) < 4.78 is 6.32. The van der Waals surface area contributed by atoms with Gasteiger partial charge in [-0.05, 0) is 77.3 Å². The zero-order valence-electron chi connectivity index (χ0n) is 21.7. The fourth-order valence-electron chi connectivity index (χ4n) is 5.46. The molecule has 0 aliphatic rings. The Hall–Kier alpha value is -4.02. The number of hydrogen-bond donors (Lipinski definition) is 0. The molecule has 0 atom stereocenters. The van der Waals surface area contributed by atoms with E-state index in [0.717, 1.165) is 62.6 Å². The quantitative estimate of drug-likeness (QED) is 0.126. The average Bonchev–Trinajstić information content (AvgIpc) is 2.97. The lowest BCUT2D eigenvalue weighted by Gasteiger charge is -2.21. The fourth-order valence-corrected chi connectivity index (χ4v) is 5.46. The lowest BCUT2D eigenvalue weighted by molar-refractivity contribution is 0.242.